The number of carbonyl (C=O) groups is 2. The Kier molecular flexibility index (Phi) is 7.11. The topological polar surface area (TPSA) is 61.9 Å². The zero-order valence-corrected chi connectivity index (χ0v) is 15.4. The highest BCUT2D eigenvalue weighted by Crippen LogP contribution is 2.37. The van der Waals surface area contributed by atoms with Gasteiger partial charge in [-0.3, -0.25) is 14.5 Å². The fourth-order valence-electron chi connectivity index (χ4n) is 2.80. The standard InChI is InChI=1S/C17H19F6N3O3/c1-29-10-15(28)26-4-2-25(3-5-26)9-14(27)24-13-7-11(16(18,19)20)6-12(8-13)17(21,22)23/h6-8H,2-5,9-10H2,1H3,(H,24,27). The van der Waals surface area contributed by atoms with Crippen LogP contribution in [0.25, 0.3) is 0 Å². The molecule has 1 saturated heterocycles. The minimum Gasteiger partial charge on any atom is -0.375 e. The van der Waals surface area contributed by atoms with Crippen molar-refractivity contribution in [2.24, 2.45) is 0 Å². The summed E-state index contributed by atoms with van der Waals surface area (Å²) in [5, 5.41) is 2.09. The molecular weight excluding hydrogens is 408 g/mol. The van der Waals surface area contributed by atoms with Gasteiger partial charge in [0.15, 0.2) is 0 Å². The summed E-state index contributed by atoms with van der Waals surface area (Å²) in [6.45, 7) is 1.02. The summed E-state index contributed by atoms with van der Waals surface area (Å²) in [5.74, 6) is -0.964. The third-order valence-electron chi connectivity index (χ3n) is 4.23. The van der Waals surface area contributed by atoms with Gasteiger partial charge in [0.05, 0.1) is 17.7 Å². The van der Waals surface area contributed by atoms with Gasteiger partial charge in [0.1, 0.15) is 6.61 Å². The number of amides is 2. The minimum atomic E-state index is -4.99. The molecule has 1 heterocycles. The van der Waals surface area contributed by atoms with Crippen molar-refractivity contribution in [2.45, 2.75) is 12.4 Å². The highest BCUT2D eigenvalue weighted by molar-refractivity contribution is 5.92. The van der Waals surface area contributed by atoms with E-state index in [4.69, 9.17) is 4.74 Å². The van der Waals surface area contributed by atoms with Crippen LogP contribution in [0.1, 0.15) is 11.1 Å². The second-order valence-electron chi connectivity index (χ2n) is 6.43. The van der Waals surface area contributed by atoms with Gasteiger partial charge >= 0.3 is 12.4 Å². The van der Waals surface area contributed by atoms with Gasteiger partial charge in [0.25, 0.3) is 0 Å². The molecular formula is C17H19F6N3O3. The van der Waals surface area contributed by atoms with Crippen LogP contribution in [0.5, 0.6) is 0 Å². The maximum absolute atomic E-state index is 12.9. The zero-order chi connectivity index (χ0) is 21.8. The van der Waals surface area contributed by atoms with Crippen molar-refractivity contribution >= 4 is 17.5 Å². The molecule has 1 aromatic rings. The van der Waals surface area contributed by atoms with Crippen molar-refractivity contribution < 1.29 is 40.7 Å². The molecule has 29 heavy (non-hydrogen) atoms. The van der Waals surface area contributed by atoms with Crippen LogP contribution in [0, 0.1) is 0 Å². The van der Waals surface area contributed by atoms with Crippen molar-refractivity contribution in [3.63, 3.8) is 0 Å². The predicted octanol–water partition coefficient (Wildman–Crippen LogP) is 2.45. The Hall–Kier alpha value is -2.34. The van der Waals surface area contributed by atoms with Gasteiger partial charge in [-0.05, 0) is 18.2 Å². The highest BCUT2D eigenvalue weighted by Gasteiger charge is 2.37. The Labute approximate surface area is 162 Å². The van der Waals surface area contributed by atoms with E-state index in [0.717, 1.165) is 0 Å². The van der Waals surface area contributed by atoms with Gasteiger partial charge in [-0.15, -0.1) is 0 Å². The first-order valence-corrected chi connectivity index (χ1v) is 8.48. The molecule has 0 bridgehead atoms. The van der Waals surface area contributed by atoms with Crippen LogP contribution in [0.3, 0.4) is 0 Å². The molecule has 1 N–H and O–H groups in total. The smallest absolute Gasteiger partial charge is 0.375 e. The normalized spacial score (nSPS) is 16.0. The van der Waals surface area contributed by atoms with Gasteiger partial charge in [-0.25, -0.2) is 0 Å². The van der Waals surface area contributed by atoms with E-state index in [9.17, 15) is 35.9 Å². The van der Waals surface area contributed by atoms with E-state index >= 15 is 0 Å². The average molecular weight is 427 g/mol. The van der Waals surface area contributed by atoms with Gasteiger partial charge in [0, 0.05) is 39.0 Å². The number of rotatable bonds is 5. The SMILES string of the molecule is COCC(=O)N1CCN(CC(=O)Nc2cc(C(F)(F)F)cc(C(F)(F)F)c2)CC1. The minimum absolute atomic E-state index is 0.00803. The molecule has 2 rings (SSSR count). The molecule has 2 amide bonds. The molecule has 0 unspecified atom stereocenters. The Morgan fingerprint density at radius 2 is 1.48 bits per heavy atom. The van der Waals surface area contributed by atoms with Gasteiger partial charge in [-0.2, -0.15) is 26.3 Å². The lowest BCUT2D eigenvalue weighted by Gasteiger charge is -2.34. The van der Waals surface area contributed by atoms with E-state index in [1.54, 1.807) is 9.80 Å². The van der Waals surface area contributed by atoms with Gasteiger partial charge < -0.3 is 15.0 Å². The summed E-state index contributed by atoms with van der Waals surface area (Å²) in [7, 11) is 1.39. The van der Waals surface area contributed by atoms with Crippen LogP contribution in [0.15, 0.2) is 18.2 Å². The molecule has 0 aliphatic carbocycles. The predicted molar refractivity (Wildman–Crippen MR) is 90.0 cm³/mol. The number of piperazine rings is 1. The fourth-order valence-corrected chi connectivity index (χ4v) is 2.80. The number of benzene rings is 1. The second kappa shape index (κ2) is 8.99. The number of hydrogen-bond acceptors (Lipinski definition) is 4. The molecule has 6 nitrogen and oxygen atoms in total. The van der Waals surface area contributed by atoms with Crippen LogP contribution in [0.4, 0.5) is 32.0 Å². The maximum Gasteiger partial charge on any atom is 0.416 e. The summed E-state index contributed by atoms with van der Waals surface area (Å²) in [4.78, 5) is 27.0. The molecule has 1 fully saturated rings. The quantitative estimate of drug-likeness (QED) is 0.734. The zero-order valence-electron chi connectivity index (χ0n) is 15.4. The highest BCUT2D eigenvalue weighted by atomic mass is 19.4. The van der Waals surface area contributed by atoms with Crippen LogP contribution >= 0.6 is 0 Å². The summed E-state index contributed by atoms with van der Waals surface area (Å²) in [5.41, 5.74) is -3.60. The first kappa shape index (κ1) is 22.9. The lowest BCUT2D eigenvalue weighted by molar-refractivity contribution is -0.143. The van der Waals surface area contributed by atoms with E-state index in [2.05, 4.69) is 5.32 Å². The average Bonchev–Trinajstić information content (AvgIpc) is 2.60. The number of alkyl halides is 6. The molecule has 0 saturated carbocycles. The van der Waals surface area contributed by atoms with Crippen molar-refractivity contribution in [1.29, 1.82) is 0 Å². The molecule has 12 heteroatoms. The Bertz CT molecular complexity index is 711. The molecule has 0 atom stereocenters. The first-order valence-electron chi connectivity index (χ1n) is 8.48. The monoisotopic (exact) mass is 427 g/mol. The number of halogens is 6. The van der Waals surface area contributed by atoms with Crippen LogP contribution in [0.2, 0.25) is 0 Å². The van der Waals surface area contributed by atoms with E-state index in [0.29, 0.717) is 38.3 Å². The Morgan fingerprint density at radius 1 is 0.966 bits per heavy atom. The summed E-state index contributed by atoms with van der Waals surface area (Å²) in [6.07, 6.45) is -9.99. The molecule has 1 aliphatic rings. The van der Waals surface area contributed by atoms with E-state index < -0.39 is 35.1 Å². The van der Waals surface area contributed by atoms with Crippen LogP contribution < -0.4 is 5.32 Å². The van der Waals surface area contributed by atoms with E-state index in [1.807, 2.05) is 0 Å². The van der Waals surface area contributed by atoms with Gasteiger partial charge in [0.2, 0.25) is 11.8 Å². The summed E-state index contributed by atoms with van der Waals surface area (Å²) >= 11 is 0. The molecule has 0 aromatic heterocycles. The number of carbonyl (C=O) groups excluding carboxylic acids is 2. The third kappa shape index (κ3) is 6.60. The Morgan fingerprint density at radius 3 is 1.93 bits per heavy atom. The maximum atomic E-state index is 12.9. The lowest BCUT2D eigenvalue weighted by atomic mass is 10.1. The molecule has 0 spiro atoms. The molecule has 1 aromatic carbocycles. The number of ether oxygens (including phenoxy) is 1. The van der Waals surface area contributed by atoms with E-state index in [1.165, 1.54) is 7.11 Å². The van der Waals surface area contributed by atoms with Gasteiger partial charge in [-0.1, -0.05) is 0 Å². The lowest BCUT2D eigenvalue weighted by Crippen LogP contribution is -2.51. The summed E-state index contributed by atoms with van der Waals surface area (Å²) in [6, 6.07) is 0.898. The van der Waals surface area contributed by atoms with Crippen molar-refractivity contribution in [2.75, 3.05) is 51.8 Å². The number of hydrogen-bond donors (Lipinski definition) is 1. The Balaban J connectivity index is 2.01. The molecule has 162 valence electrons. The number of anilines is 1. The third-order valence-corrected chi connectivity index (χ3v) is 4.23. The summed E-state index contributed by atoms with van der Waals surface area (Å²) < 4.78 is 82.0. The first-order chi connectivity index (χ1) is 13.4. The van der Waals surface area contributed by atoms with Crippen molar-refractivity contribution in [3.8, 4) is 0 Å². The second-order valence-corrected chi connectivity index (χ2v) is 6.43. The number of nitrogens with zero attached hydrogens (tertiary/aromatic N) is 2. The van der Waals surface area contributed by atoms with Crippen LogP contribution in [-0.4, -0.2) is 68.1 Å². The largest absolute Gasteiger partial charge is 0.416 e. The molecule has 1 aliphatic heterocycles. The number of nitrogens with one attached hydrogen (secondary N) is 1. The fraction of sp³-hybridized carbons (Fsp3) is 0.529. The van der Waals surface area contributed by atoms with Crippen molar-refractivity contribution in [3.05, 3.63) is 29.3 Å². The van der Waals surface area contributed by atoms with Crippen LogP contribution in [-0.2, 0) is 26.7 Å². The molecule has 0 radical (unpaired) electrons. The number of methoxy groups -OCH3 is 1. The van der Waals surface area contributed by atoms with E-state index in [-0.39, 0.29) is 25.1 Å². The van der Waals surface area contributed by atoms with Crippen molar-refractivity contribution in [1.82, 2.24) is 9.80 Å².